The highest BCUT2D eigenvalue weighted by atomic mass is 16.5. The summed E-state index contributed by atoms with van der Waals surface area (Å²) in [6, 6.07) is 0. The van der Waals surface area contributed by atoms with Gasteiger partial charge in [-0.2, -0.15) is 0 Å². The summed E-state index contributed by atoms with van der Waals surface area (Å²) in [6.07, 6.45) is 0.0774. The molecule has 4 nitrogen and oxygen atoms in total. The van der Waals surface area contributed by atoms with Crippen molar-refractivity contribution in [1.29, 1.82) is 0 Å². The van der Waals surface area contributed by atoms with Crippen molar-refractivity contribution in [2.75, 3.05) is 6.54 Å². The highest BCUT2D eigenvalue weighted by Gasteiger charge is 2.17. The highest BCUT2D eigenvalue weighted by Crippen LogP contribution is 1.95. The summed E-state index contributed by atoms with van der Waals surface area (Å²) < 4.78 is 5.16. The summed E-state index contributed by atoms with van der Waals surface area (Å²) in [5, 5.41) is 0. The third kappa shape index (κ3) is 1.16. The lowest BCUT2D eigenvalue weighted by molar-refractivity contribution is 0.0516. The predicted molar refractivity (Wildman–Crippen MR) is 29.7 cm³/mol. The number of nitrogens with two attached hydrogens (primary N) is 1. The Labute approximate surface area is 48.4 Å². The van der Waals surface area contributed by atoms with Crippen LogP contribution in [0.15, 0.2) is 0 Å². The van der Waals surface area contributed by atoms with E-state index in [4.69, 9.17) is 10.5 Å². The van der Waals surface area contributed by atoms with Crippen LogP contribution in [0.5, 0.6) is 0 Å². The van der Waals surface area contributed by atoms with Gasteiger partial charge in [-0.1, -0.05) is 0 Å². The minimum absolute atomic E-state index is 0.00926. The van der Waals surface area contributed by atoms with Crippen molar-refractivity contribution in [2.45, 2.75) is 19.4 Å². The topological polar surface area (TPSA) is 59.3 Å². The van der Waals surface area contributed by atoms with Gasteiger partial charge < -0.3 is 10.5 Å². The zero-order chi connectivity index (χ0) is 5.98. The third-order valence-electron chi connectivity index (χ3n) is 1.03. The molecule has 0 aromatic rings. The van der Waals surface area contributed by atoms with Gasteiger partial charge in [-0.05, 0) is 6.92 Å². The van der Waals surface area contributed by atoms with Gasteiger partial charge in [0, 0.05) is 6.54 Å². The molecule has 0 radical (unpaired) electrons. The average molecular weight is 117 g/mol. The molecule has 0 bridgehead atoms. The molecule has 0 aromatic carbocycles. The fraction of sp³-hybridized carbons (Fsp3) is 1.00. The average Bonchev–Trinajstić information content (AvgIpc) is 2.14. The highest BCUT2D eigenvalue weighted by molar-refractivity contribution is 4.61. The second-order valence-electron chi connectivity index (χ2n) is 1.79. The fourth-order valence-electron chi connectivity index (χ4n) is 0.639. The van der Waals surface area contributed by atoms with Crippen LogP contribution in [-0.2, 0) is 4.74 Å². The van der Waals surface area contributed by atoms with Gasteiger partial charge in [0.15, 0.2) is 0 Å². The number of hydrogen-bond acceptors (Lipinski definition) is 4. The molecular formula is C4H11N3O. The molecule has 0 saturated carbocycles. The summed E-state index contributed by atoms with van der Waals surface area (Å²) in [4.78, 5) is 0. The first-order valence-electron chi connectivity index (χ1n) is 2.69. The quantitative estimate of drug-likeness (QED) is 0.401. The number of nitrogens with one attached hydrogen (secondary N) is 2. The van der Waals surface area contributed by atoms with Gasteiger partial charge in [-0.25, -0.2) is 10.9 Å². The summed E-state index contributed by atoms with van der Waals surface area (Å²) >= 11 is 0. The summed E-state index contributed by atoms with van der Waals surface area (Å²) in [7, 11) is 0. The van der Waals surface area contributed by atoms with Crippen LogP contribution in [0.4, 0.5) is 0 Å². The first kappa shape index (κ1) is 5.97. The van der Waals surface area contributed by atoms with Crippen LogP contribution in [0.1, 0.15) is 6.92 Å². The minimum atomic E-state index is -0.00926. The van der Waals surface area contributed by atoms with Gasteiger partial charge in [-0.3, -0.25) is 0 Å². The number of hydrogen-bond donors (Lipinski definition) is 3. The molecule has 0 spiro atoms. The first-order chi connectivity index (χ1) is 3.83. The van der Waals surface area contributed by atoms with Crippen molar-refractivity contribution in [3.8, 4) is 0 Å². The largest absolute Gasteiger partial charge is 0.342 e. The number of ether oxygens (including phenoxy) is 1. The Hall–Kier alpha value is -0.160. The third-order valence-corrected chi connectivity index (χ3v) is 1.03. The Morgan fingerprint density at radius 1 is 1.62 bits per heavy atom. The van der Waals surface area contributed by atoms with E-state index in [-0.39, 0.29) is 12.5 Å². The molecule has 48 valence electrons. The van der Waals surface area contributed by atoms with Crippen LogP contribution in [0, 0.1) is 0 Å². The zero-order valence-corrected chi connectivity index (χ0v) is 4.85. The van der Waals surface area contributed by atoms with Crippen LogP contribution in [0.3, 0.4) is 0 Å². The number of rotatable bonds is 1. The van der Waals surface area contributed by atoms with Gasteiger partial charge in [0.1, 0.15) is 12.5 Å². The lowest BCUT2D eigenvalue weighted by atomic mass is 10.6. The number of hydrazine groups is 1. The molecule has 1 aliphatic rings. The Kier molecular flexibility index (Phi) is 1.80. The molecule has 1 aliphatic heterocycles. The molecule has 0 amide bonds. The van der Waals surface area contributed by atoms with Gasteiger partial charge in [0.2, 0.25) is 0 Å². The van der Waals surface area contributed by atoms with Gasteiger partial charge in [0.25, 0.3) is 0 Å². The smallest absolute Gasteiger partial charge is 0.134 e. The minimum Gasteiger partial charge on any atom is -0.342 e. The van der Waals surface area contributed by atoms with Crippen LogP contribution >= 0.6 is 0 Å². The Morgan fingerprint density at radius 3 is 2.62 bits per heavy atom. The van der Waals surface area contributed by atoms with Crippen LogP contribution < -0.4 is 16.6 Å². The van der Waals surface area contributed by atoms with Crippen LogP contribution in [0.2, 0.25) is 0 Å². The lowest BCUT2D eigenvalue weighted by Crippen LogP contribution is -2.36. The molecule has 1 rings (SSSR count). The second-order valence-corrected chi connectivity index (χ2v) is 1.79. The standard InChI is InChI=1S/C4H11N3O/c1-3-6-7-4(2-5)8-3/h3-4,6-7H,2,5H2,1H3/t3-,4-/m0/s1. The molecule has 1 saturated heterocycles. The molecule has 2 atom stereocenters. The maximum absolute atomic E-state index is 5.27. The van der Waals surface area contributed by atoms with Gasteiger partial charge >= 0.3 is 0 Å². The molecular weight excluding hydrogens is 106 g/mol. The molecule has 0 unspecified atom stereocenters. The SMILES string of the molecule is C[C@H]1NN[C@H](CN)O1. The predicted octanol–water partition coefficient (Wildman–Crippen LogP) is -1.26. The maximum Gasteiger partial charge on any atom is 0.134 e. The van der Waals surface area contributed by atoms with E-state index < -0.39 is 0 Å². The van der Waals surface area contributed by atoms with E-state index in [1.54, 1.807) is 0 Å². The van der Waals surface area contributed by atoms with E-state index in [1.807, 2.05) is 6.92 Å². The molecule has 1 heterocycles. The van der Waals surface area contributed by atoms with Crippen LogP contribution in [0.25, 0.3) is 0 Å². The lowest BCUT2D eigenvalue weighted by Gasteiger charge is -2.03. The van der Waals surface area contributed by atoms with Crippen molar-refractivity contribution in [1.82, 2.24) is 10.9 Å². The van der Waals surface area contributed by atoms with Crippen molar-refractivity contribution in [3.63, 3.8) is 0 Å². The second kappa shape index (κ2) is 2.41. The van der Waals surface area contributed by atoms with Crippen molar-refractivity contribution >= 4 is 0 Å². The van der Waals surface area contributed by atoms with Crippen molar-refractivity contribution in [3.05, 3.63) is 0 Å². The van der Waals surface area contributed by atoms with E-state index >= 15 is 0 Å². The van der Waals surface area contributed by atoms with E-state index in [0.717, 1.165) is 0 Å². The Morgan fingerprint density at radius 2 is 2.38 bits per heavy atom. The first-order valence-corrected chi connectivity index (χ1v) is 2.69. The van der Waals surface area contributed by atoms with E-state index in [9.17, 15) is 0 Å². The van der Waals surface area contributed by atoms with E-state index in [1.165, 1.54) is 0 Å². The molecule has 1 fully saturated rings. The van der Waals surface area contributed by atoms with Crippen molar-refractivity contribution < 1.29 is 4.74 Å². The molecule has 0 aromatic heterocycles. The van der Waals surface area contributed by atoms with Crippen LogP contribution in [-0.4, -0.2) is 19.0 Å². The fourth-order valence-corrected chi connectivity index (χ4v) is 0.639. The maximum atomic E-state index is 5.27. The summed E-state index contributed by atoms with van der Waals surface area (Å²) in [5.41, 5.74) is 11.0. The summed E-state index contributed by atoms with van der Waals surface area (Å²) in [5.74, 6) is 0. The molecule has 0 aliphatic carbocycles. The Bertz CT molecular complexity index is 77.7. The monoisotopic (exact) mass is 117 g/mol. The molecule has 4 heteroatoms. The molecule has 4 N–H and O–H groups in total. The van der Waals surface area contributed by atoms with Gasteiger partial charge in [0.05, 0.1) is 0 Å². The molecule has 8 heavy (non-hydrogen) atoms. The Balaban J connectivity index is 2.22. The normalized spacial score (nSPS) is 38.2. The van der Waals surface area contributed by atoms with E-state index in [2.05, 4.69) is 10.9 Å². The van der Waals surface area contributed by atoms with E-state index in [0.29, 0.717) is 6.54 Å². The summed E-state index contributed by atoms with van der Waals surface area (Å²) in [6.45, 7) is 2.43. The van der Waals surface area contributed by atoms with Gasteiger partial charge in [-0.15, -0.1) is 0 Å². The van der Waals surface area contributed by atoms with Crippen molar-refractivity contribution in [2.24, 2.45) is 5.73 Å². The zero-order valence-electron chi connectivity index (χ0n) is 4.85.